The summed E-state index contributed by atoms with van der Waals surface area (Å²) in [6, 6.07) is 7.39. The molecule has 1 atom stereocenters. The highest BCUT2D eigenvalue weighted by atomic mass is 19.1. The van der Waals surface area contributed by atoms with Gasteiger partial charge in [0, 0.05) is 19.6 Å². The van der Waals surface area contributed by atoms with Crippen molar-refractivity contribution in [3.63, 3.8) is 0 Å². The number of benzene rings is 1. The number of rotatable bonds is 7. The van der Waals surface area contributed by atoms with E-state index in [-0.39, 0.29) is 5.82 Å². The van der Waals surface area contributed by atoms with Gasteiger partial charge in [0.1, 0.15) is 5.82 Å². The van der Waals surface area contributed by atoms with Gasteiger partial charge < -0.3 is 10.2 Å². The molecule has 2 nitrogen and oxygen atoms in total. The Kier molecular flexibility index (Phi) is 5.98. The molecule has 1 rings (SSSR count). The molecule has 0 spiro atoms. The molecule has 0 radical (unpaired) electrons. The van der Waals surface area contributed by atoms with Crippen molar-refractivity contribution in [3.05, 3.63) is 30.1 Å². The standard InChI is InChI=1S/C14H23FN2/c1-4-10-16-12(2)9-11-17(3)14-8-6-5-7-13(14)15/h5-8,12,16H,4,9-11H2,1-3H3. The third-order valence-corrected chi connectivity index (χ3v) is 2.90. The monoisotopic (exact) mass is 238 g/mol. The first-order chi connectivity index (χ1) is 8.15. The maximum atomic E-state index is 13.5. The molecule has 1 unspecified atom stereocenters. The van der Waals surface area contributed by atoms with Crippen molar-refractivity contribution in [2.24, 2.45) is 0 Å². The number of nitrogens with zero attached hydrogens (tertiary/aromatic N) is 1. The van der Waals surface area contributed by atoms with E-state index < -0.39 is 0 Å². The largest absolute Gasteiger partial charge is 0.372 e. The lowest BCUT2D eigenvalue weighted by atomic mass is 10.2. The van der Waals surface area contributed by atoms with E-state index in [1.54, 1.807) is 6.07 Å². The topological polar surface area (TPSA) is 15.3 Å². The molecule has 0 aliphatic rings. The fourth-order valence-electron chi connectivity index (χ4n) is 1.76. The first-order valence-corrected chi connectivity index (χ1v) is 6.34. The first-order valence-electron chi connectivity index (χ1n) is 6.34. The molecular formula is C14H23FN2. The van der Waals surface area contributed by atoms with Crippen LogP contribution in [0, 0.1) is 5.82 Å². The minimum Gasteiger partial charge on any atom is -0.372 e. The van der Waals surface area contributed by atoms with Gasteiger partial charge in [-0.05, 0) is 38.4 Å². The summed E-state index contributed by atoms with van der Waals surface area (Å²) in [5, 5.41) is 3.43. The Bertz CT molecular complexity index is 328. The van der Waals surface area contributed by atoms with Crippen molar-refractivity contribution >= 4 is 5.69 Å². The number of nitrogens with one attached hydrogen (secondary N) is 1. The van der Waals surface area contributed by atoms with Crippen LogP contribution in [0.2, 0.25) is 0 Å². The molecule has 96 valence electrons. The summed E-state index contributed by atoms with van der Waals surface area (Å²) in [7, 11) is 1.94. The van der Waals surface area contributed by atoms with Gasteiger partial charge in [0.05, 0.1) is 5.69 Å². The van der Waals surface area contributed by atoms with Crippen molar-refractivity contribution in [2.75, 3.05) is 25.0 Å². The second-order valence-corrected chi connectivity index (χ2v) is 4.52. The molecule has 0 saturated carbocycles. The van der Waals surface area contributed by atoms with Crippen molar-refractivity contribution in [1.82, 2.24) is 5.32 Å². The molecule has 3 heteroatoms. The molecule has 1 aromatic rings. The van der Waals surface area contributed by atoms with E-state index in [0.717, 1.165) is 25.9 Å². The lowest BCUT2D eigenvalue weighted by Crippen LogP contribution is -2.31. The van der Waals surface area contributed by atoms with Crippen LogP contribution in [0.4, 0.5) is 10.1 Å². The first kappa shape index (κ1) is 14.0. The summed E-state index contributed by atoms with van der Waals surface area (Å²) < 4.78 is 13.5. The Morgan fingerprint density at radius 2 is 2.06 bits per heavy atom. The second-order valence-electron chi connectivity index (χ2n) is 4.52. The van der Waals surface area contributed by atoms with E-state index in [2.05, 4.69) is 19.2 Å². The van der Waals surface area contributed by atoms with Gasteiger partial charge in [0.25, 0.3) is 0 Å². The number of halogens is 1. The van der Waals surface area contributed by atoms with Crippen LogP contribution in [0.25, 0.3) is 0 Å². The minimum atomic E-state index is -0.149. The molecule has 0 saturated heterocycles. The second kappa shape index (κ2) is 7.28. The van der Waals surface area contributed by atoms with Gasteiger partial charge in [-0.15, -0.1) is 0 Å². The van der Waals surface area contributed by atoms with E-state index in [1.165, 1.54) is 6.07 Å². The molecule has 17 heavy (non-hydrogen) atoms. The van der Waals surface area contributed by atoms with Crippen LogP contribution in [-0.4, -0.2) is 26.2 Å². The molecule has 1 aromatic carbocycles. The summed E-state index contributed by atoms with van der Waals surface area (Å²) in [6.45, 7) is 6.24. The number of hydrogen-bond acceptors (Lipinski definition) is 2. The molecule has 1 N–H and O–H groups in total. The van der Waals surface area contributed by atoms with Crippen LogP contribution in [-0.2, 0) is 0 Å². The number of para-hydroxylation sites is 1. The van der Waals surface area contributed by atoms with Gasteiger partial charge in [-0.2, -0.15) is 0 Å². The van der Waals surface area contributed by atoms with Crippen LogP contribution in [0.5, 0.6) is 0 Å². The van der Waals surface area contributed by atoms with E-state index in [0.29, 0.717) is 11.7 Å². The Morgan fingerprint density at radius 1 is 1.35 bits per heavy atom. The molecule has 0 bridgehead atoms. The van der Waals surface area contributed by atoms with E-state index in [1.807, 2.05) is 24.1 Å². The maximum absolute atomic E-state index is 13.5. The molecule has 0 aliphatic carbocycles. The van der Waals surface area contributed by atoms with Gasteiger partial charge in [-0.25, -0.2) is 4.39 Å². The van der Waals surface area contributed by atoms with Crippen LogP contribution in [0.1, 0.15) is 26.7 Å². The van der Waals surface area contributed by atoms with Gasteiger partial charge >= 0.3 is 0 Å². The maximum Gasteiger partial charge on any atom is 0.146 e. The summed E-state index contributed by atoms with van der Waals surface area (Å²) in [4.78, 5) is 1.97. The van der Waals surface area contributed by atoms with Crippen molar-refractivity contribution in [1.29, 1.82) is 0 Å². The Balaban J connectivity index is 2.39. The van der Waals surface area contributed by atoms with Crippen molar-refractivity contribution in [2.45, 2.75) is 32.7 Å². The normalized spacial score (nSPS) is 12.5. The smallest absolute Gasteiger partial charge is 0.146 e. The molecule has 0 aromatic heterocycles. The van der Waals surface area contributed by atoms with Crippen molar-refractivity contribution < 1.29 is 4.39 Å². The van der Waals surface area contributed by atoms with E-state index >= 15 is 0 Å². The van der Waals surface area contributed by atoms with Crippen molar-refractivity contribution in [3.8, 4) is 0 Å². The predicted octanol–water partition coefficient (Wildman–Crippen LogP) is 3.04. The number of anilines is 1. The van der Waals surface area contributed by atoms with Crippen LogP contribution in [0.15, 0.2) is 24.3 Å². The van der Waals surface area contributed by atoms with Crippen LogP contribution >= 0.6 is 0 Å². The highest BCUT2D eigenvalue weighted by Crippen LogP contribution is 2.17. The summed E-state index contributed by atoms with van der Waals surface area (Å²) in [6.07, 6.45) is 2.17. The summed E-state index contributed by atoms with van der Waals surface area (Å²) >= 11 is 0. The third kappa shape index (κ3) is 4.73. The van der Waals surface area contributed by atoms with Gasteiger partial charge in [0.15, 0.2) is 0 Å². The molecule has 0 heterocycles. The fraction of sp³-hybridized carbons (Fsp3) is 0.571. The zero-order valence-corrected chi connectivity index (χ0v) is 11.0. The SMILES string of the molecule is CCCNC(C)CCN(C)c1ccccc1F. The molecule has 0 amide bonds. The van der Waals surface area contributed by atoms with Gasteiger partial charge in [0.2, 0.25) is 0 Å². The minimum absolute atomic E-state index is 0.149. The third-order valence-electron chi connectivity index (χ3n) is 2.90. The van der Waals surface area contributed by atoms with E-state index in [9.17, 15) is 4.39 Å². The van der Waals surface area contributed by atoms with E-state index in [4.69, 9.17) is 0 Å². The lowest BCUT2D eigenvalue weighted by molar-refractivity contribution is 0.512. The average molecular weight is 238 g/mol. The fourth-order valence-corrected chi connectivity index (χ4v) is 1.76. The Labute approximate surface area is 104 Å². The number of hydrogen-bond donors (Lipinski definition) is 1. The summed E-state index contributed by atoms with van der Waals surface area (Å²) in [5.41, 5.74) is 0.676. The molecule has 0 aliphatic heterocycles. The highest BCUT2D eigenvalue weighted by Gasteiger charge is 2.08. The summed E-state index contributed by atoms with van der Waals surface area (Å²) in [5.74, 6) is -0.149. The Morgan fingerprint density at radius 3 is 2.71 bits per heavy atom. The lowest BCUT2D eigenvalue weighted by Gasteiger charge is -2.22. The van der Waals surface area contributed by atoms with Gasteiger partial charge in [-0.1, -0.05) is 19.1 Å². The van der Waals surface area contributed by atoms with Gasteiger partial charge in [-0.3, -0.25) is 0 Å². The molecular weight excluding hydrogens is 215 g/mol. The predicted molar refractivity (Wildman–Crippen MR) is 72.0 cm³/mol. The zero-order valence-electron chi connectivity index (χ0n) is 11.0. The van der Waals surface area contributed by atoms with Crippen LogP contribution < -0.4 is 10.2 Å². The van der Waals surface area contributed by atoms with Crippen LogP contribution in [0.3, 0.4) is 0 Å². The Hall–Kier alpha value is -1.09. The zero-order chi connectivity index (χ0) is 12.7. The quantitative estimate of drug-likeness (QED) is 0.785. The molecule has 0 fully saturated rings. The average Bonchev–Trinajstić information content (AvgIpc) is 2.34. The highest BCUT2D eigenvalue weighted by molar-refractivity contribution is 5.46.